The number of anilines is 1. The van der Waals surface area contributed by atoms with Gasteiger partial charge in [-0.25, -0.2) is 4.98 Å². The summed E-state index contributed by atoms with van der Waals surface area (Å²) in [5.74, 6) is 1.07. The molecule has 1 fully saturated rings. The van der Waals surface area contributed by atoms with E-state index in [2.05, 4.69) is 20.1 Å². The van der Waals surface area contributed by atoms with Gasteiger partial charge in [-0.05, 0) is 45.9 Å². The van der Waals surface area contributed by atoms with Crippen molar-refractivity contribution in [2.75, 3.05) is 31.6 Å². The Kier molecular flexibility index (Phi) is 6.03. The van der Waals surface area contributed by atoms with E-state index in [0.717, 1.165) is 31.7 Å². The third-order valence-electron chi connectivity index (χ3n) is 3.97. The second-order valence-electron chi connectivity index (χ2n) is 6.19. The number of likely N-dealkylation sites (N-methyl/N-ethyl adjacent to an activating group) is 1. The van der Waals surface area contributed by atoms with Crippen LogP contribution in [0.3, 0.4) is 0 Å². The lowest BCUT2D eigenvalue weighted by atomic mass is 10.0. The van der Waals surface area contributed by atoms with E-state index in [4.69, 9.17) is 11.6 Å². The zero-order chi connectivity index (χ0) is 16.1. The van der Waals surface area contributed by atoms with Crippen molar-refractivity contribution >= 4 is 23.3 Å². The molecule has 1 amide bonds. The van der Waals surface area contributed by atoms with Gasteiger partial charge in [0.1, 0.15) is 5.82 Å². The normalized spacial score (nSPS) is 16.4. The molecule has 1 N–H and O–H groups in total. The summed E-state index contributed by atoms with van der Waals surface area (Å²) in [4.78, 5) is 20.6. The van der Waals surface area contributed by atoms with Gasteiger partial charge < -0.3 is 10.2 Å². The summed E-state index contributed by atoms with van der Waals surface area (Å²) in [6, 6.07) is 4.47. The van der Waals surface area contributed by atoms with Crippen LogP contribution in [0.15, 0.2) is 18.3 Å². The van der Waals surface area contributed by atoms with E-state index in [9.17, 15) is 4.79 Å². The van der Waals surface area contributed by atoms with Crippen LogP contribution in [0, 0.1) is 0 Å². The molecule has 0 atom stereocenters. The number of piperidine rings is 1. The number of nitrogens with zero attached hydrogens (tertiary/aromatic N) is 3. The number of aromatic nitrogens is 1. The first-order valence-electron chi connectivity index (χ1n) is 7.82. The predicted molar refractivity (Wildman–Crippen MR) is 90.4 cm³/mol. The van der Waals surface area contributed by atoms with Crippen molar-refractivity contribution in [1.82, 2.24) is 15.2 Å². The van der Waals surface area contributed by atoms with E-state index < -0.39 is 0 Å². The molecule has 2 heterocycles. The van der Waals surface area contributed by atoms with Gasteiger partial charge in [-0.3, -0.25) is 9.69 Å². The van der Waals surface area contributed by atoms with Gasteiger partial charge in [0.05, 0.1) is 11.6 Å². The van der Waals surface area contributed by atoms with E-state index in [0.29, 0.717) is 17.6 Å². The van der Waals surface area contributed by atoms with Gasteiger partial charge in [0.2, 0.25) is 5.91 Å². The fraction of sp³-hybridized carbons (Fsp3) is 0.625. The van der Waals surface area contributed by atoms with Crippen molar-refractivity contribution in [3.8, 4) is 0 Å². The van der Waals surface area contributed by atoms with E-state index in [1.165, 1.54) is 0 Å². The van der Waals surface area contributed by atoms with Crippen LogP contribution in [-0.2, 0) is 4.79 Å². The summed E-state index contributed by atoms with van der Waals surface area (Å²) in [6.07, 6.45) is 3.76. The quantitative estimate of drug-likeness (QED) is 0.901. The number of pyridine rings is 1. The van der Waals surface area contributed by atoms with Gasteiger partial charge in [0.15, 0.2) is 0 Å². The summed E-state index contributed by atoms with van der Waals surface area (Å²) >= 11 is 5.87. The Morgan fingerprint density at radius 2 is 2.14 bits per heavy atom. The summed E-state index contributed by atoms with van der Waals surface area (Å²) in [6.45, 7) is 6.33. The standard InChI is InChI=1S/C16H25ClN4O/c1-12(2)19-16(22)11-20(3)14-6-8-21(9-7-14)15-5-4-13(17)10-18-15/h4-5,10,12,14H,6-9,11H2,1-3H3,(H,19,22). The van der Waals surface area contributed by atoms with Gasteiger partial charge in [-0.2, -0.15) is 0 Å². The third kappa shape index (κ3) is 4.85. The van der Waals surface area contributed by atoms with Gasteiger partial charge in [-0.1, -0.05) is 11.6 Å². The molecule has 5 nitrogen and oxygen atoms in total. The van der Waals surface area contributed by atoms with E-state index >= 15 is 0 Å². The number of carbonyl (C=O) groups is 1. The highest BCUT2D eigenvalue weighted by Gasteiger charge is 2.24. The number of halogens is 1. The SMILES string of the molecule is CC(C)NC(=O)CN(C)C1CCN(c2ccc(Cl)cn2)CC1. The Bertz CT molecular complexity index is 483. The highest BCUT2D eigenvalue weighted by atomic mass is 35.5. The largest absolute Gasteiger partial charge is 0.357 e. The molecule has 122 valence electrons. The van der Waals surface area contributed by atoms with Crippen molar-refractivity contribution < 1.29 is 4.79 Å². The van der Waals surface area contributed by atoms with Crippen molar-refractivity contribution in [2.45, 2.75) is 38.8 Å². The van der Waals surface area contributed by atoms with Crippen LogP contribution < -0.4 is 10.2 Å². The predicted octanol–water partition coefficient (Wildman–Crippen LogP) is 2.16. The lowest BCUT2D eigenvalue weighted by Gasteiger charge is -2.37. The van der Waals surface area contributed by atoms with Crippen LogP contribution in [-0.4, -0.2) is 54.6 Å². The molecule has 0 unspecified atom stereocenters. The molecule has 22 heavy (non-hydrogen) atoms. The molecule has 1 aromatic rings. The van der Waals surface area contributed by atoms with Crippen molar-refractivity contribution in [3.05, 3.63) is 23.4 Å². The first-order chi connectivity index (χ1) is 10.5. The molecule has 1 aromatic heterocycles. The second-order valence-corrected chi connectivity index (χ2v) is 6.63. The summed E-state index contributed by atoms with van der Waals surface area (Å²) < 4.78 is 0. The number of hydrogen-bond donors (Lipinski definition) is 1. The third-order valence-corrected chi connectivity index (χ3v) is 4.19. The first-order valence-corrected chi connectivity index (χ1v) is 8.19. The number of rotatable bonds is 5. The van der Waals surface area contributed by atoms with E-state index in [1.54, 1.807) is 6.20 Å². The Labute approximate surface area is 137 Å². The van der Waals surface area contributed by atoms with E-state index in [-0.39, 0.29) is 11.9 Å². The molecule has 2 rings (SSSR count). The minimum absolute atomic E-state index is 0.0966. The molecule has 1 aliphatic heterocycles. The van der Waals surface area contributed by atoms with Crippen molar-refractivity contribution in [3.63, 3.8) is 0 Å². The highest BCUT2D eigenvalue weighted by molar-refractivity contribution is 6.30. The molecule has 0 spiro atoms. The number of carbonyl (C=O) groups excluding carboxylic acids is 1. The van der Waals surface area contributed by atoms with Gasteiger partial charge in [0.25, 0.3) is 0 Å². The van der Waals surface area contributed by atoms with Crippen LogP contribution in [0.5, 0.6) is 0 Å². The lowest BCUT2D eigenvalue weighted by molar-refractivity contribution is -0.123. The molecule has 1 saturated heterocycles. The maximum absolute atomic E-state index is 11.8. The highest BCUT2D eigenvalue weighted by Crippen LogP contribution is 2.21. The Hall–Kier alpha value is -1.33. The van der Waals surface area contributed by atoms with Crippen LogP contribution in [0.4, 0.5) is 5.82 Å². The summed E-state index contributed by atoms with van der Waals surface area (Å²) in [5.41, 5.74) is 0. The molecular weight excluding hydrogens is 300 g/mol. The maximum Gasteiger partial charge on any atom is 0.234 e. The van der Waals surface area contributed by atoms with Crippen LogP contribution in [0.2, 0.25) is 5.02 Å². The molecule has 0 aliphatic carbocycles. The second kappa shape index (κ2) is 7.79. The number of hydrogen-bond acceptors (Lipinski definition) is 4. The summed E-state index contributed by atoms with van der Waals surface area (Å²) in [7, 11) is 2.03. The van der Waals surface area contributed by atoms with Gasteiger partial charge >= 0.3 is 0 Å². The van der Waals surface area contributed by atoms with Crippen molar-refractivity contribution in [1.29, 1.82) is 0 Å². The van der Waals surface area contributed by atoms with Gasteiger partial charge in [-0.15, -0.1) is 0 Å². The van der Waals surface area contributed by atoms with E-state index in [1.807, 2.05) is 33.0 Å². The topological polar surface area (TPSA) is 48.5 Å². The average Bonchev–Trinajstić information content (AvgIpc) is 2.47. The van der Waals surface area contributed by atoms with Crippen molar-refractivity contribution in [2.24, 2.45) is 0 Å². The molecular formula is C16H25ClN4O. The molecule has 0 aromatic carbocycles. The molecule has 0 saturated carbocycles. The smallest absolute Gasteiger partial charge is 0.234 e. The summed E-state index contributed by atoms with van der Waals surface area (Å²) in [5, 5.41) is 3.60. The fourth-order valence-corrected chi connectivity index (χ4v) is 2.93. The first kappa shape index (κ1) is 17.0. The Balaban J connectivity index is 1.81. The molecule has 1 aliphatic rings. The minimum atomic E-state index is 0.0966. The number of nitrogens with one attached hydrogen (secondary N) is 1. The molecule has 6 heteroatoms. The fourth-order valence-electron chi connectivity index (χ4n) is 2.81. The monoisotopic (exact) mass is 324 g/mol. The minimum Gasteiger partial charge on any atom is -0.357 e. The zero-order valence-corrected chi connectivity index (χ0v) is 14.3. The van der Waals surface area contributed by atoms with Crippen LogP contribution in [0.25, 0.3) is 0 Å². The average molecular weight is 325 g/mol. The molecule has 0 radical (unpaired) electrons. The Morgan fingerprint density at radius 1 is 1.45 bits per heavy atom. The number of amides is 1. The zero-order valence-electron chi connectivity index (χ0n) is 13.6. The Morgan fingerprint density at radius 3 is 2.68 bits per heavy atom. The maximum atomic E-state index is 11.8. The van der Waals surface area contributed by atoms with Crippen LogP contribution >= 0.6 is 11.6 Å². The van der Waals surface area contributed by atoms with Crippen LogP contribution in [0.1, 0.15) is 26.7 Å². The molecule has 0 bridgehead atoms. The lowest BCUT2D eigenvalue weighted by Crippen LogP contribution is -2.47. The van der Waals surface area contributed by atoms with Gasteiger partial charge in [0, 0.05) is 31.4 Å².